The number of piperidine rings is 1. The summed E-state index contributed by atoms with van der Waals surface area (Å²) in [5.41, 5.74) is 2.40. The van der Waals surface area contributed by atoms with Crippen LogP contribution in [0.4, 0.5) is 11.4 Å². The first kappa shape index (κ1) is 22.2. The molecule has 0 aromatic heterocycles. The number of ether oxygens (including phenoxy) is 1. The number of amides is 2. The normalized spacial score (nSPS) is 20.9. The lowest BCUT2D eigenvalue weighted by Gasteiger charge is -2.36. The number of halogens is 1. The van der Waals surface area contributed by atoms with Gasteiger partial charge in [-0.1, -0.05) is 29.8 Å². The van der Waals surface area contributed by atoms with E-state index in [1.165, 1.54) is 16.4 Å². The third kappa shape index (κ3) is 4.09. The number of fused-ring (bicyclic) bond motifs is 2. The van der Waals surface area contributed by atoms with Crippen molar-refractivity contribution in [3.05, 3.63) is 47.0 Å². The second-order valence-corrected chi connectivity index (χ2v) is 10.9. The van der Waals surface area contributed by atoms with Gasteiger partial charge in [0, 0.05) is 31.4 Å². The van der Waals surface area contributed by atoms with Crippen molar-refractivity contribution in [2.75, 3.05) is 36.5 Å². The molecule has 2 aromatic carbocycles. The number of sulfonamides is 1. The van der Waals surface area contributed by atoms with Crippen LogP contribution in [0.15, 0.2) is 41.3 Å². The minimum atomic E-state index is -3.96. The second-order valence-electron chi connectivity index (χ2n) is 8.54. The summed E-state index contributed by atoms with van der Waals surface area (Å²) < 4.78 is 33.7. The number of hydrogen-bond acceptors (Lipinski definition) is 5. The van der Waals surface area contributed by atoms with Gasteiger partial charge in [0.2, 0.25) is 15.9 Å². The highest BCUT2D eigenvalue weighted by molar-refractivity contribution is 7.89. The summed E-state index contributed by atoms with van der Waals surface area (Å²) >= 11 is 6.30. The summed E-state index contributed by atoms with van der Waals surface area (Å²) in [6.45, 7) is 0.864. The fourth-order valence-corrected chi connectivity index (χ4v) is 6.80. The Kier molecular flexibility index (Phi) is 5.80. The first-order valence-corrected chi connectivity index (χ1v) is 12.8. The van der Waals surface area contributed by atoms with Crippen LogP contribution in [-0.2, 0) is 26.0 Å². The molecule has 0 saturated carbocycles. The quantitative estimate of drug-likeness (QED) is 0.714. The maximum atomic E-state index is 13.5. The van der Waals surface area contributed by atoms with Crippen LogP contribution < -0.4 is 15.0 Å². The van der Waals surface area contributed by atoms with Gasteiger partial charge in [-0.15, -0.1) is 0 Å². The summed E-state index contributed by atoms with van der Waals surface area (Å²) in [7, 11) is -3.96. The van der Waals surface area contributed by atoms with Gasteiger partial charge < -0.3 is 15.0 Å². The number of aryl methyl sites for hydroxylation is 1. The largest absolute Gasteiger partial charge is 0.482 e. The van der Waals surface area contributed by atoms with Crippen molar-refractivity contribution in [1.29, 1.82) is 0 Å². The molecular formula is C23H24ClN3O5S. The van der Waals surface area contributed by atoms with Gasteiger partial charge >= 0.3 is 0 Å². The molecule has 5 rings (SSSR count). The molecule has 10 heteroatoms. The standard InChI is InChI=1S/C23H24ClN3O5S/c24-17-11-18-20(32-14-22(28)25-18)12-21(17)33(30,31)26-9-3-7-16(13-26)23(29)27-10-4-6-15-5-1-2-8-19(15)27/h1-2,5,8,11-12,16H,3-4,6-7,9-10,13-14H2,(H,25,28). The fourth-order valence-electron chi connectivity index (χ4n) is 4.76. The van der Waals surface area contributed by atoms with Crippen molar-refractivity contribution in [2.24, 2.45) is 5.92 Å². The lowest BCUT2D eigenvalue weighted by molar-refractivity contribution is -0.123. The van der Waals surface area contributed by atoms with E-state index < -0.39 is 15.9 Å². The summed E-state index contributed by atoms with van der Waals surface area (Å²) in [6, 6.07) is 10.6. The predicted octanol–water partition coefficient (Wildman–Crippen LogP) is 3.05. The van der Waals surface area contributed by atoms with E-state index in [4.69, 9.17) is 16.3 Å². The van der Waals surface area contributed by atoms with E-state index in [1.54, 1.807) is 0 Å². The summed E-state index contributed by atoms with van der Waals surface area (Å²) in [5, 5.41) is 2.62. The van der Waals surface area contributed by atoms with E-state index in [9.17, 15) is 18.0 Å². The van der Waals surface area contributed by atoms with Gasteiger partial charge in [-0.2, -0.15) is 4.31 Å². The van der Waals surface area contributed by atoms with Gasteiger partial charge in [0.25, 0.3) is 5.91 Å². The van der Waals surface area contributed by atoms with Gasteiger partial charge in [0.1, 0.15) is 10.6 Å². The number of nitrogens with one attached hydrogen (secondary N) is 1. The first-order chi connectivity index (χ1) is 15.8. The van der Waals surface area contributed by atoms with Gasteiger partial charge in [-0.3, -0.25) is 9.59 Å². The molecule has 174 valence electrons. The van der Waals surface area contributed by atoms with Crippen LogP contribution in [0.1, 0.15) is 24.8 Å². The van der Waals surface area contributed by atoms with Crippen molar-refractivity contribution >= 4 is 44.8 Å². The maximum absolute atomic E-state index is 13.5. The van der Waals surface area contributed by atoms with E-state index in [2.05, 4.69) is 5.32 Å². The molecule has 1 unspecified atom stereocenters. The average Bonchev–Trinajstić information content (AvgIpc) is 2.82. The number of carbonyl (C=O) groups is 2. The number of carbonyl (C=O) groups excluding carboxylic acids is 2. The monoisotopic (exact) mass is 489 g/mol. The Morgan fingerprint density at radius 3 is 2.82 bits per heavy atom. The van der Waals surface area contributed by atoms with Crippen molar-refractivity contribution in [3.8, 4) is 5.75 Å². The molecule has 0 spiro atoms. The third-order valence-corrected chi connectivity index (χ3v) is 8.72. The molecule has 0 aliphatic carbocycles. The Hall–Kier alpha value is -2.62. The van der Waals surface area contributed by atoms with E-state index in [0.717, 1.165) is 24.1 Å². The van der Waals surface area contributed by atoms with E-state index in [1.807, 2.05) is 29.2 Å². The Balaban J connectivity index is 1.39. The minimum absolute atomic E-state index is 0.00189. The van der Waals surface area contributed by atoms with Crippen molar-refractivity contribution in [3.63, 3.8) is 0 Å². The van der Waals surface area contributed by atoms with Crippen LogP contribution in [-0.4, -0.2) is 50.8 Å². The topological polar surface area (TPSA) is 96.0 Å². The molecule has 0 bridgehead atoms. The molecule has 2 amide bonds. The fraction of sp³-hybridized carbons (Fsp3) is 0.391. The SMILES string of the molecule is O=C1COc2cc(S(=O)(=O)N3CCCC(C(=O)N4CCCc5ccccc54)C3)c(Cl)cc2N1. The van der Waals surface area contributed by atoms with Crippen LogP contribution in [0, 0.1) is 5.92 Å². The lowest BCUT2D eigenvalue weighted by Crippen LogP contribution is -2.48. The summed E-state index contributed by atoms with van der Waals surface area (Å²) in [4.78, 5) is 26.7. The molecular weight excluding hydrogens is 466 g/mol. The molecule has 1 atom stereocenters. The van der Waals surface area contributed by atoms with Crippen LogP contribution in [0.5, 0.6) is 5.75 Å². The molecule has 1 N–H and O–H groups in total. The Morgan fingerprint density at radius 1 is 1.15 bits per heavy atom. The van der Waals surface area contributed by atoms with E-state index >= 15 is 0 Å². The zero-order chi connectivity index (χ0) is 23.2. The molecule has 1 fully saturated rings. The lowest BCUT2D eigenvalue weighted by atomic mass is 9.95. The van der Waals surface area contributed by atoms with Crippen LogP contribution in [0.2, 0.25) is 5.02 Å². The first-order valence-electron chi connectivity index (χ1n) is 11.0. The molecule has 2 aromatic rings. The van der Waals surface area contributed by atoms with E-state index in [0.29, 0.717) is 31.6 Å². The molecule has 3 aliphatic heterocycles. The summed E-state index contributed by atoms with van der Waals surface area (Å²) in [5.74, 6) is -0.533. The smallest absolute Gasteiger partial charge is 0.262 e. The highest BCUT2D eigenvalue weighted by atomic mass is 35.5. The zero-order valence-corrected chi connectivity index (χ0v) is 19.5. The number of anilines is 2. The number of hydrogen-bond donors (Lipinski definition) is 1. The number of nitrogens with zero attached hydrogens (tertiary/aromatic N) is 2. The third-order valence-electron chi connectivity index (χ3n) is 6.39. The maximum Gasteiger partial charge on any atom is 0.262 e. The van der Waals surface area contributed by atoms with Crippen molar-refractivity contribution in [2.45, 2.75) is 30.6 Å². The number of benzene rings is 2. The Morgan fingerprint density at radius 2 is 1.97 bits per heavy atom. The summed E-state index contributed by atoms with van der Waals surface area (Å²) in [6.07, 6.45) is 3.04. The van der Waals surface area contributed by atoms with Crippen LogP contribution in [0.3, 0.4) is 0 Å². The average molecular weight is 490 g/mol. The second kappa shape index (κ2) is 8.62. The van der Waals surface area contributed by atoms with Gasteiger partial charge in [-0.05, 0) is 43.4 Å². The molecule has 3 aliphatic rings. The van der Waals surface area contributed by atoms with Crippen LogP contribution in [0.25, 0.3) is 0 Å². The molecule has 3 heterocycles. The van der Waals surface area contributed by atoms with Crippen molar-refractivity contribution < 1.29 is 22.7 Å². The van der Waals surface area contributed by atoms with E-state index in [-0.39, 0.29) is 40.6 Å². The minimum Gasteiger partial charge on any atom is -0.482 e. The highest BCUT2D eigenvalue weighted by Crippen LogP contribution is 2.38. The zero-order valence-electron chi connectivity index (χ0n) is 17.9. The molecule has 33 heavy (non-hydrogen) atoms. The molecule has 1 saturated heterocycles. The van der Waals surface area contributed by atoms with Crippen molar-refractivity contribution in [1.82, 2.24) is 4.31 Å². The predicted molar refractivity (Wildman–Crippen MR) is 124 cm³/mol. The number of rotatable bonds is 3. The van der Waals surface area contributed by atoms with Gasteiger partial charge in [0.15, 0.2) is 6.61 Å². The Labute approximate surface area is 197 Å². The molecule has 0 radical (unpaired) electrons. The van der Waals surface area contributed by atoms with Gasteiger partial charge in [0.05, 0.1) is 16.6 Å². The number of para-hydroxylation sites is 1. The van der Waals surface area contributed by atoms with Gasteiger partial charge in [-0.25, -0.2) is 8.42 Å². The molecule has 8 nitrogen and oxygen atoms in total. The highest BCUT2D eigenvalue weighted by Gasteiger charge is 2.37. The van der Waals surface area contributed by atoms with Crippen LogP contribution >= 0.6 is 11.6 Å². The Bertz CT molecular complexity index is 1230.